The Kier molecular flexibility index (Phi) is 3.36. The van der Waals surface area contributed by atoms with Crippen molar-refractivity contribution in [2.75, 3.05) is 0 Å². The van der Waals surface area contributed by atoms with Crippen molar-refractivity contribution >= 4 is 10.0 Å². The van der Waals surface area contributed by atoms with E-state index in [1.807, 2.05) is 4.57 Å². The molecule has 8 heteroatoms. The Bertz CT molecular complexity index is 686. The SMILES string of the molecule is NCc1cc(S(=O)(=O)NCc2ccno2)cn1C1CC1. The van der Waals surface area contributed by atoms with Crippen LogP contribution in [0, 0.1) is 0 Å². The number of nitrogens with zero attached hydrogens (tertiary/aromatic N) is 2. The fraction of sp³-hybridized carbons (Fsp3) is 0.417. The minimum absolute atomic E-state index is 0.0783. The predicted molar refractivity (Wildman–Crippen MR) is 71.1 cm³/mol. The predicted octanol–water partition coefficient (Wildman–Crippen LogP) is 0.748. The van der Waals surface area contributed by atoms with Crippen LogP contribution in [0.15, 0.2) is 33.9 Å². The molecule has 3 rings (SSSR count). The van der Waals surface area contributed by atoms with Gasteiger partial charge in [-0.1, -0.05) is 5.16 Å². The van der Waals surface area contributed by atoms with Gasteiger partial charge in [-0.2, -0.15) is 0 Å². The quantitative estimate of drug-likeness (QED) is 0.818. The number of hydrogen-bond donors (Lipinski definition) is 2. The van der Waals surface area contributed by atoms with E-state index in [0.717, 1.165) is 18.5 Å². The molecule has 0 radical (unpaired) electrons. The van der Waals surface area contributed by atoms with Gasteiger partial charge in [0.05, 0.1) is 17.6 Å². The molecule has 0 aromatic carbocycles. The second kappa shape index (κ2) is 5.04. The second-order valence-corrected chi connectivity index (χ2v) is 6.58. The van der Waals surface area contributed by atoms with Crippen molar-refractivity contribution in [3.05, 3.63) is 36.0 Å². The monoisotopic (exact) mass is 296 g/mol. The Morgan fingerprint density at radius 2 is 2.30 bits per heavy atom. The lowest BCUT2D eigenvalue weighted by molar-refractivity contribution is 0.380. The van der Waals surface area contributed by atoms with E-state index in [0.29, 0.717) is 18.3 Å². The van der Waals surface area contributed by atoms with Gasteiger partial charge in [-0.3, -0.25) is 0 Å². The lowest BCUT2D eigenvalue weighted by Gasteiger charge is -2.04. The summed E-state index contributed by atoms with van der Waals surface area (Å²) in [4.78, 5) is 0.240. The Morgan fingerprint density at radius 3 is 2.90 bits per heavy atom. The van der Waals surface area contributed by atoms with Gasteiger partial charge < -0.3 is 14.8 Å². The third kappa shape index (κ3) is 2.62. The van der Waals surface area contributed by atoms with Crippen LogP contribution in [-0.4, -0.2) is 18.1 Å². The van der Waals surface area contributed by atoms with Crippen LogP contribution >= 0.6 is 0 Å². The zero-order chi connectivity index (χ0) is 14.2. The number of hydrogen-bond acceptors (Lipinski definition) is 5. The standard InChI is InChI=1S/C12H16N4O3S/c13-6-10-5-12(8-16(10)9-1-2-9)20(17,18)15-7-11-3-4-14-19-11/h3-5,8-9,15H,1-2,6-7,13H2. The summed E-state index contributed by atoms with van der Waals surface area (Å²) in [5, 5.41) is 3.53. The van der Waals surface area contributed by atoms with E-state index in [4.69, 9.17) is 10.3 Å². The Balaban J connectivity index is 1.79. The zero-order valence-electron chi connectivity index (χ0n) is 10.8. The minimum Gasteiger partial charge on any atom is -0.360 e. The summed E-state index contributed by atoms with van der Waals surface area (Å²) in [5.41, 5.74) is 6.50. The van der Waals surface area contributed by atoms with Crippen molar-refractivity contribution < 1.29 is 12.9 Å². The average Bonchev–Trinajstić information content (AvgIpc) is 2.98. The molecule has 0 unspecified atom stereocenters. The van der Waals surface area contributed by atoms with Gasteiger partial charge in [-0.15, -0.1) is 0 Å². The van der Waals surface area contributed by atoms with Crippen molar-refractivity contribution in [2.45, 2.75) is 36.9 Å². The highest BCUT2D eigenvalue weighted by molar-refractivity contribution is 7.89. The molecule has 0 amide bonds. The van der Waals surface area contributed by atoms with Gasteiger partial charge >= 0.3 is 0 Å². The fourth-order valence-electron chi connectivity index (χ4n) is 2.08. The van der Waals surface area contributed by atoms with Gasteiger partial charge in [0.25, 0.3) is 0 Å². The van der Waals surface area contributed by atoms with Crippen LogP contribution in [0.2, 0.25) is 0 Å². The van der Waals surface area contributed by atoms with Crippen LogP contribution in [0.3, 0.4) is 0 Å². The first-order valence-corrected chi connectivity index (χ1v) is 7.88. The molecule has 1 aliphatic rings. The van der Waals surface area contributed by atoms with Gasteiger partial charge in [0.1, 0.15) is 0 Å². The molecule has 0 aliphatic heterocycles. The van der Waals surface area contributed by atoms with Crippen LogP contribution in [-0.2, 0) is 23.1 Å². The third-order valence-corrected chi connectivity index (χ3v) is 4.66. The third-order valence-electron chi connectivity index (χ3n) is 3.29. The lowest BCUT2D eigenvalue weighted by atomic mass is 10.4. The summed E-state index contributed by atoms with van der Waals surface area (Å²) >= 11 is 0. The maximum absolute atomic E-state index is 12.2. The lowest BCUT2D eigenvalue weighted by Crippen LogP contribution is -2.22. The van der Waals surface area contributed by atoms with Gasteiger partial charge in [0, 0.05) is 30.5 Å². The summed E-state index contributed by atoms with van der Waals surface area (Å²) in [6, 6.07) is 3.64. The molecule has 2 heterocycles. The zero-order valence-corrected chi connectivity index (χ0v) is 11.6. The van der Waals surface area contributed by atoms with E-state index in [-0.39, 0.29) is 11.4 Å². The van der Waals surface area contributed by atoms with Crippen LogP contribution in [0.25, 0.3) is 0 Å². The maximum Gasteiger partial charge on any atom is 0.242 e. The van der Waals surface area contributed by atoms with E-state index < -0.39 is 10.0 Å². The van der Waals surface area contributed by atoms with E-state index in [2.05, 4.69) is 9.88 Å². The number of nitrogens with two attached hydrogens (primary N) is 1. The molecule has 1 aliphatic carbocycles. The molecule has 2 aromatic rings. The molecule has 1 fully saturated rings. The van der Waals surface area contributed by atoms with Crippen molar-refractivity contribution in [1.29, 1.82) is 0 Å². The van der Waals surface area contributed by atoms with E-state index in [1.54, 1.807) is 18.3 Å². The number of nitrogens with one attached hydrogen (secondary N) is 1. The molecule has 0 bridgehead atoms. The molecule has 0 saturated heterocycles. The van der Waals surface area contributed by atoms with Crippen LogP contribution in [0.1, 0.15) is 30.3 Å². The molecule has 0 spiro atoms. The molecular formula is C12H16N4O3S. The summed E-state index contributed by atoms with van der Waals surface area (Å²) < 4.78 is 33.8. The molecule has 3 N–H and O–H groups in total. The normalized spacial score (nSPS) is 15.7. The first-order chi connectivity index (χ1) is 9.60. The molecule has 7 nitrogen and oxygen atoms in total. The molecule has 1 saturated carbocycles. The van der Waals surface area contributed by atoms with Crippen LogP contribution in [0.4, 0.5) is 0 Å². The molecule has 108 valence electrons. The highest BCUT2D eigenvalue weighted by Crippen LogP contribution is 2.37. The summed E-state index contributed by atoms with van der Waals surface area (Å²) in [6.45, 7) is 0.406. The molecule has 20 heavy (non-hydrogen) atoms. The molecule has 0 atom stereocenters. The van der Waals surface area contributed by atoms with Gasteiger partial charge in [0.2, 0.25) is 10.0 Å². The summed E-state index contributed by atoms with van der Waals surface area (Å²) in [6.07, 6.45) is 5.28. The van der Waals surface area contributed by atoms with Crippen molar-refractivity contribution in [2.24, 2.45) is 5.73 Å². The summed E-state index contributed by atoms with van der Waals surface area (Å²) in [7, 11) is -3.57. The van der Waals surface area contributed by atoms with E-state index in [1.165, 1.54) is 6.20 Å². The number of rotatable bonds is 6. The largest absolute Gasteiger partial charge is 0.360 e. The Labute approximate surface area is 116 Å². The van der Waals surface area contributed by atoms with Crippen molar-refractivity contribution in [3.8, 4) is 0 Å². The molecule has 2 aromatic heterocycles. The Morgan fingerprint density at radius 1 is 1.50 bits per heavy atom. The average molecular weight is 296 g/mol. The second-order valence-electron chi connectivity index (χ2n) is 4.81. The highest BCUT2D eigenvalue weighted by Gasteiger charge is 2.27. The van der Waals surface area contributed by atoms with E-state index in [9.17, 15) is 8.42 Å². The maximum atomic E-state index is 12.2. The fourth-order valence-corrected chi connectivity index (χ4v) is 3.13. The van der Waals surface area contributed by atoms with Gasteiger partial charge in [-0.25, -0.2) is 13.1 Å². The van der Waals surface area contributed by atoms with Gasteiger partial charge in [-0.05, 0) is 18.9 Å². The topological polar surface area (TPSA) is 103 Å². The first kappa shape index (κ1) is 13.3. The minimum atomic E-state index is -3.57. The first-order valence-electron chi connectivity index (χ1n) is 6.40. The number of aromatic nitrogens is 2. The van der Waals surface area contributed by atoms with Crippen molar-refractivity contribution in [1.82, 2.24) is 14.4 Å². The molecular weight excluding hydrogens is 280 g/mol. The summed E-state index contributed by atoms with van der Waals surface area (Å²) in [5.74, 6) is 0.467. The smallest absolute Gasteiger partial charge is 0.242 e. The van der Waals surface area contributed by atoms with E-state index >= 15 is 0 Å². The number of sulfonamides is 1. The van der Waals surface area contributed by atoms with Gasteiger partial charge in [0.15, 0.2) is 5.76 Å². The van der Waals surface area contributed by atoms with Crippen LogP contribution in [0.5, 0.6) is 0 Å². The van der Waals surface area contributed by atoms with Crippen molar-refractivity contribution in [3.63, 3.8) is 0 Å². The highest BCUT2D eigenvalue weighted by atomic mass is 32.2. The Hall–Kier alpha value is -1.64. The van der Waals surface area contributed by atoms with Crippen LogP contribution < -0.4 is 10.5 Å².